The highest BCUT2D eigenvalue weighted by Crippen LogP contribution is 2.13. The number of carbonyl (C=O) groups excluding carboxylic acids is 1. The van der Waals surface area contributed by atoms with Crippen LogP contribution in [0.5, 0.6) is 5.75 Å². The topological polar surface area (TPSA) is 70.9 Å². The van der Waals surface area contributed by atoms with E-state index in [9.17, 15) is 4.79 Å². The Hall–Kier alpha value is -2.04. The number of ether oxygens (including phenoxy) is 1. The van der Waals surface area contributed by atoms with Gasteiger partial charge in [-0.15, -0.1) is 0 Å². The van der Waals surface area contributed by atoms with E-state index in [1.807, 2.05) is 31.2 Å². The molecular weight excluding hydrogens is 256 g/mol. The molecule has 2 N–H and O–H groups in total. The number of rotatable bonds is 8. The average molecular weight is 278 g/mol. The zero-order valence-corrected chi connectivity index (χ0v) is 12.1. The number of amides is 1. The Bertz CT molecular complexity index is 441. The molecule has 1 aromatic rings. The van der Waals surface area contributed by atoms with E-state index >= 15 is 0 Å². The van der Waals surface area contributed by atoms with Gasteiger partial charge in [0.1, 0.15) is 5.75 Å². The molecule has 0 aromatic heterocycles. The minimum absolute atomic E-state index is 0.0373. The van der Waals surface area contributed by atoms with Crippen molar-refractivity contribution in [1.82, 2.24) is 5.32 Å². The summed E-state index contributed by atoms with van der Waals surface area (Å²) in [4.78, 5) is 11.4. The molecule has 1 rings (SSSR count). The monoisotopic (exact) mass is 278 g/mol. The fraction of sp³-hybridized carbons (Fsp3) is 0.467. The molecule has 5 nitrogen and oxygen atoms in total. The largest absolute Gasteiger partial charge is 0.484 e. The first-order chi connectivity index (χ1) is 9.65. The maximum Gasteiger partial charge on any atom is 0.257 e. The summed E-state index contributed by atoms with van der Waals surface area (Å²) in [6.45, 7) is 4.50. The van der Waals surface area contributed by atoms with Crippen LogP contribution in [0.1, 0.15) is 32.3 Å². The minimum atomic E-state index is -0.106. The number of oxime groups is 1. The van der Waals surface area contributed by atoms with Crippen LogP contribution in [0.4, 0.5) is 0 Å². The number of aryl methyl sites for hydroxylation is 1. The second-order valence-electron chi connectivity index (χ2n) is 4.62. The lowest BCUT2D eigenvalue weighted by molar-refractivity contribution is -0.123. The highest BCUT2D eigenvalue weighted by molar-refractivity contribution is 5.81. The summed E-state index contributed by atoms with van der Waals surface area (Å²) in [6, 6.07) is 7.58. The predicted octanol–water partition coefficient (Wildman–Crippen LogP) is 2.37. The van der Waals surface area contributed by atoms with Crippen molar-refractivity contribution in [3.05, 3.63) is 29.8 Å². The van der Waals surface area contributed by atoms with Gasteiger partial charge >= 0.3 is 0 Å². The van der Waals surface area contributed by atoms with Gasteiger partial charge in [0.05, 0.1) is 5.71 Å². The molecule has 0 atom stereocenters. The van der Waals surface area contributed by atoms with Crippen LogP contribution in [0.3, 0.4) is 0 Å². The quantitative estimate of drug-likeness (QED) is 0.436. The Morgan fingerprint density at radius 3 is 2.65 bits per heavy atom. The van der Waals surface area contributed by atoms with Crippen LogP contribution in [0, 0.1) is 0 Å². The minimum Gasteiger partial charge on any atom is -0.484 e. The van der Waals surface area contributed by atoms with Crippen molar-refractivity contribution in [1.29, 1.82) is 0 Å². The van der Waals surface area contributed by atoms with Crippen LogP contribution >= 0.6 is 0 Å². The van der Waals surface area contributed by atoms with Gasteiger partial charge in [-0.2, -0.15) is 0 Å². The Morgan fingerprint density at radius 2 is 2.05 bits per heavy atom. The first-order valence-electron chi connectivity index (χ1n) is 6.81. The van der Waals surface area contributed by atoms with Crippen LogP contribution in [0.25, 0.3) is 0 Å². The van der Waals surface area contributed by atoms with Gasteiger partial charge in [0.25, 0.3) is 5.91 Å². The van der Waals surface area contributed by atoms with Gasteiger partial charge in [-0.3, -0.25) is 4.79 Å². The van der Waals surface area contributed by atoms with E-state index in [0.717, 1.165) is 24.8 Å². The fourth-order valence-corrected chi connectivity index (χ4v) is 1.59. The second-order valence-corrected chi connectivity index (χ2v) is 4.62. The molecule has 0 heterocycles. The fourth-order valence-electron chi connectivity index (χ4n) is 1.59. The van der Waals surface area contributed by atoms with Gasteiger partial charge in [0.15, 0.2) is 6.61 Å². The van der Waals surface area contributed by atoms with Gasteiger partial charge < -0.3 is 15.3 Å². The van der Waals surface area contributed by atoms with E-state index in [-0.39, 0.29) is 12.5 Å². The summed E-state index contributed by atoms with van der Waals surface area (Å²) in [6.07, 6.45) is 2.44. The molecule has 0 saturated heterocycles. The van der Waals surface area contributed by atoms with Crippen molar-refractivity contribution >= 4 is 11.6 Å². The third-order valence-corrected chi connectivity index (χ3v) is 2.81. The Balaban J connectivity index is 2.37. The maximum atomic E-state index is 11.4. The van der Waals surface area contributed by atoms with E-state index < -0.39 is 0 Å². The first-order valence-corrected chi connectivity index (χ1v) is 6.81. The van der Waals surface area contributed by atoms with Gasteiger partial charge in [0.2, 0.25) is 0 Å². The number of nitrogens with one attached hydrogen (secondary N) is 1. The summed E-state index contributed by atoms with van der Waals surface area (Å²) >= 11 is 0. The summed E-state index contributed by atoms with van der Waals surface area (Å²) in [5, 5.41) is 14.5. The molecule has 1 amide bonds. The lowest BCUT2D eigenvalue weighted by Gasteiger charge is -2.07. The van der Waals surface area contributed by atoms with Crippen molar-refractivity contribution < 1.29 is 14.7 Å². The van der Waals surface area contributed by atoms with Gasteiger partial charge in [-0.25, -0.2) is 0 Å². The molecule has 0 spiro atoms. The lowest BCUT2D eigenvalue weighted by Crippen LogP contribution is -2.29. The van der Waals surface area contributed by atoms with Gasteiger partial charge in [0, 0.05) is 6.54 Å². The SMILES string of the molecule is CCCNC(=O)COc1ccc(CC/C(C)=N/O)cc1. The Labute approximate surface area is 119 Å². The van der Waals surface area contributed by atoms with Gasteiger partial charge in [-0.1, -0.05) is 24.2 Å². The van der Waals surface area contributed by atoms with E-state index in [0.29, 0.717) is 18.0 Å². The smallest absolute Gasteiger partial charge is 0.257 e. The number of benzene rings is 1. The number of nitrogens with zero attached hydrogens (tertiary/aromatic N) is 1. The molecule has 0 fully saturated rings. The summed E-state index contributed by atoms with van der Waals surface area (Å²) in [5.41, 5.74) is 1.84. The van der Waals surface area contributed by atoms with Crippen molar-refractivity contribution in [3.63, 3.8) is 0 Å². The van der Waals surface area contributed by atoms with Crippen molar-refractivity contribution in [2.75, 3.05) is 13.2 Å². The molecule has 0 aliphatic rings. The van der Waals surface area contributed by atoms with Crippen LogP contribution in [-0.4, -0.2) is 30.0 Å². The predicted molar refractivity (Wildman–Crippen MR) is 78.5 cm³/mol. The Kier molecular flexibility index (Phi) is 7.17. The van der Waals surface area contributed by atoms with Crippen LogP contribution < -0.4 is 10.1 Å². The van der Waals surface area contributed by atoms with Crippen molar-refractivity contribution in [2.24, 2.45) is 5.16 Å². The molecule has 20 heavy (non-hydrogen) atoms. The number of hydrogen-bond acceptors (Lipinski definition) is 4. The van der Waals surface area contributed by atoms with Crippen LogP contribution in [0.15, 0.2) is 29.4 Å². The van der Waals surface area contributed by atoms with E-state index in [1.165, 1.54) is 0 Å². The molecule has 0 bridgehead atoms. The third-order valence-electron chi connectivity index (χ3n) is 2.81. The maximum absolute atomic E-state index is 11.4. The Morgan fingerprint density at radius 1 is 1.35 bits per heavy atom. The lowest BCUT2D eigenvalue weighted by atomic mass is 10.1. The first kappa shape index (κ1) is 16.0. The van der Waals surface area contributed by atoms with E-state index in [1.54, 1.807) is 6.92 Å². The molecule has 5 heteroatoms. The summed E-state index contributed by atoms with van der Waals surface area (Å²) < 4.78 is 5.39. The average Bonchev–Trinajstić information content (AvgIpc) is 2.49. The summed E-state index contributed by atoms with van der Waals surface area (Å²) in [5.74, 6) is 0.568. The number of hydrogen-bond donors (Lipinski definition) is 2. The van der Waals surface area contributed by atoms with E-state index in [2.05, 4.69) is 10.5 Å². The standard InChI is InChI=1S/C15H22N2O3/c1-3-10-16-15(18)11-20-14-8-6-13(7-9-14)5-4-12(2)17-19/h6-9,19H,3-5,10-11H2,1-2H3,(H,16,18)/b17-12+. The zero-order chi connectivity index (χ0) is 14.8. The second kappa shape index (κ2) is 8.96. The molecule has 110 valence electrons. The van der Waals surface area contributed by atoms with Crippen molar-refractivity contribution in [3.8, 4) is 5.75 Å². The number of carbonyl (C=O) groups is 1. The molecule has 1 aromatic carbocycles. The normalized spacial score (nSPS) is 11.2. The van der Waals surface area contributed by atoms with E-state index in [4.69, 9.17) is 9.94 Å². The molecular formula is C15H22N2O3. The highest BCUT2D eigenvalue weighted by Gasteiger charge is 2.02. The summed E-state index contributed by atoms with van der Waals surface area (Å²) in [7, 11) is 0. The third kappa shape index (κ3) is 6.22. The molecule has 0 radical (unpaired) electrons. The van der Waals surface area contributed by atoms with Crippen LogP contribution in [-0.2, 0) is 11.2 Å². The highest BCUT2D eigenvalue weighted by atomic mass is 16.5. The molecule has 0 unspecified atom stereocenters. The zero-order valence-electron chi connectivity index (χ0n) is 12.1. The molecule has 0 aliphatic heterocycles. The molecule has 0 aliphatic carbocycles. The van der Waals surface area contributed by atoms with Gasteiger partial charge in [-0.05, 0) is 43.9 Å². The molecule has 0 saturated carbocycles. The van der Waals surface area contributed by atoms with Crippen LogP contribution in [0.2, 0.25) is 0 Å². The van der Waals surface area contributed by atoms with Crippen molar-refractivity contribution in [2.45, 2.75) is 33.1 Å².